The zero-order chi connectivity index (χ0) is 14.7. The summed E-state index contributed by atoms with van der Waals surface area (Å²) >= 11 is 0. The SMILES string of the molecule is CCNC(c1ccc(F)c(C)c1)c1ccc(C)cc1C. The highest BCUT2D eigenvalue weighted by Gasteiger charge is 2.16. The van der Waals surface area contributed by atoms with Crippen molar-refractivity contribution < 1.29 is 4.39 Å². The molecule has 0 spiro atoms. The van der Waals surface area contributed by atoms with Crippen molar-refractivity contribution in [3.05, 3.63) is 70.0 Å². The molecule has 0 radical (unpaired) electrons. The Labute approximate surface area is 120 Å². The molecule has 0 aliphatic carbocycles. The zero-order valence-electron chi connectivity index (χ0n) is 12.6. The van der Waals surface area contributed by atoms with Gasteiger partial charge in [0.15, 0.2) is 0 Å². The first-order valence-electron chi connectivity index (χ1n) is 7.09. The van der Waals surface area contributed by atoms with Crippen molar-refractivity contribution in [3.8, 4) is 0 Å². The molecule has 0 aromatic heterocycles. The van der Waals surface area contributed by atoms with Gasteiger partial charge in [0.05, 0.1) is 6.04 Å². The summed E-state index contributed by atoms with van der Waals surface area (Å²) < 4.78 is 13.5. The molecule has 1 unspecified atom stereocenters. The van der Waals surface area contributed by atoms with E-state index < -0.39 is 0 Å². The van der Waals surface area contributed by atoms with Crippen molar-refractivity contribution in [3.63, 3.8) is 0 Å². The minimum Gasteiger partial charge on any atom is -0.307 e. The molecule has 106 valence electrons. The molecule has 2 rings (SSSR count). The van der Waals surface area contributed by atoms with E-state index in [-0.39, 0.29) is 11.9 Å². The van der Waals surface area contributed by atoms with Crippen LogP contribution in [0.2, 0.25) is 0 Å². The van der Waals surface area contributed by atoms with Gasteiger partial charge in [-0.15, -0.1) is 0 Å². The van der Waals surface area contributed by atoms with Crippen LogP contribution in [0.15, 0.2) is 36.4 Å². The van der Waals surface area contributed by atoms with Crippen LogP contribution < -0.4 is 5.32 Å². The molecule has 2 aromatic rings. The highest BCUT2D eigenvalue weighted by atomic mass is 19.1. The van der Waals surface area contributed by atoms with Crippen LogP contribution in [0.25, 0.3) is 0 Å². The Kier molecular flexibility index (Phi) is 4.56. The molecule has 0 saturated heterocycles. The second-order valence-corrected chi connectivity index (χ2v) is 5.36. The third-order valence-corrected chi connectivity index (χ3v) is 3.66. The molecule has 0 aliphatic heterocycles. The number of rotatable bonds is 4. The molecule has 0 fully saturated rings. The molecule has 0 aliphatic rings. The van der Waals surface area contributed by atoms with E-state index in [4.69, 9.17) is 0 Å². The van der Waals surface area contributed by atoms with Crippen LogP contribution in [-0.4, -0.2) is 6.54 Å². The van der Waals surface area contributed by atoms with Gasteiger partial charge in [-0.2, -0.15) is 0 Å². The molecule has 1 N–H and O–H groups in total. The highest BCUT2D eigenvalue weighted by Crippen LogP contribution is 2.26. The second-order valence-electron chi connectivity index (χ2n) is 5.36. The average Bonchev–Trinajstić information content (AvgIpc) is 2.40. The Balaban J connectivity index is 2.47. The van der Waals surface area contributed by atoms with E-state index in [1.54, 1.807) is 6.07 Å². The number of nitrogens with one attached hydrogen (secondary N) is 1. The molecular formula is C18H22FN. The molecule has 0 heterocycles. The number of hydrogen-bond donors (Lipinski definition) is 1. The second kappa shape index (κ2) is 6.19. The maximum Gasteiger partial charge on any atom is 0.126 e. The molecule has 2 aromatic carbocycles. The van der Waals surface area contributed by atoms with Gasteiger partial charge in [-0.3, -0.25) is 0 Å². The Morgan fingerprint density at radius 2 is 1.75 bits per heavy atom. The maximum atomic E-state index is 13.5. The van der Waals surface area contributed by atoms with Crippen molar-refractivity contribution in [1.82, 2.24) is 5.32 Å². The van der Waals surface area contributed by atoms with E-state index in [0.717, 1.165) is 12.1 Å². The lowest BCUT2D eigenvalue weighted by atomic mass is 9.93. The number of benzene rings is 2. The predicted molar refractivity (Wildman–Crippen MR) is 82.6 cm³/mol. The minimum atomic E-state index is -0.148. The Morgan fingerprint density at radius 3 is 2.35 bits per heavy atom. The first kappa shape index (κ1) is 14.7. The lowest BCUT2D eigenvalue weighted by Crippen LogP contribution is -2.23. The van der Waals surface area contributed by atoms with Gasteiger partial charge in [-0.05, 0) is 55.6 Å². The monoisotopic (exact) mass is 271 g/mol. The topological polar surface area (TPSA) is 12.0 Å². The molecule has 0 saturated carbocycles. The molecule has 20 heavy (non-hydrogen) atoms. The van der Waals surface area contributed by atoms with Gasteiger partial charge in [0, 0.05) is 0 Å². The van der Waals surface area contributed by atoms with Crippen LogP contribution in [-0.2, 0) is 0 Å². The van der Waals surface area contributed by atoms with Crippen molar-refractivity contribution in [2.24, 2.45) is 0 Å². The smallest absolute Gasteiger partial charge is 0.126 e. The van der Waals surface area contributed by atoms with Gasteiger partial charge in [-0.1, -0.05) is 42.8 Å². The van der Waals surface area contributed by atoms with Crippen LogP contribution in [0.4, 0.5) is 4.39 Å². The first-order valence-corrected chi connectivity index (χ1v) is 7.09. The summed E-state index contributed by atoms with van der Waals surface area (Å²) in [6.07, 6.45) is 0. The number of hydrogen-bond acceptors (Lipinski definition) is 1. The summed E-state index contributed by atoms with van der Waals surface area (Å²) in [5, 5.41) is 3.50. The zero-order valence-corrected chi connectivity index (χ0v) is 12.6. The molecule has 1 atom stereocenters. The lowest BCUT2D eigenvalue weighted by molar-refractivity contribution is 0.605. The van der Waals surface area contributed by atoms with Crippen LogP contribution in [0.5, 0.6) is 0 Å². The van der Waals surface area contributed by atoms with Gasteiger partial charge < -0.3 is 5.32 Å². The summed E-state index contributed by atoms with van der Waals surface area (Å²) in [7, 11) is 0. The fourth-order valence-corrected chi connectivity index (χ4v) is 2.61. The largest absolute Gasteiger partial charge is 0.307 e. The highest BCUT2D eigenvalue weighted by molar-refractivity contribution is 5.40. The lowest BCUT2D eigenvalue weighted by Gasteiger charge is -2.22. The van der Waals surface area contributed by atoms with Crippen molar-refractivity contribution in [1.29, 1.82) is 0 Å². The number of halogens is 1. The van der Waals surface area contributed by atoms with Crippen LogP contribution >= 0.6 is 0 Å². The molecule has 0 amide bonds. The summed E-state index contributed by atoms with van der Waals surface area (Å²) in [6.45, 7) is 9.00. The molecule has 0 bridgehead atoms. The average molecular weight is 271 g/mol. The maximum absolute atomic E-state index is 13.5. The molecule has 1 nitrogen and oxygen atoms in total. The van der Waals surface area contributed by atoms with Gasteiger partial charge in [0.2, 0.25) is 0 Å². The predicted octanol–water partition coefficient (Wildman–Crippen LogP) is 4.45. The van der Waals surface area contributed by atoms with Crippen molar-refractivity contribution >= 4 is 0 Å². The third kappa shape index (κ3) is 3.07. The van der Waals surface area contributed by atoms with Crippen molar-refractivity contribution in [2.75, 3.05) is 6.54 Å². The minimum absolute atomic E-state index is 0.111. The summed E-state index contributed by atoms with van der Waals surface area (Å²) in [5.74, 6) is -0.148. The Bertz CT molecular complexity index is 604. The number of aryl methyl sites for hydroxylation is 3. The van der Waals surface area contributed by atoms with Crippen LogP contribution in [0.1, 0.15) is 40.8 Å². The third-order valence-electron chi connectivity index (χ3n) is 3.66. The summed E-state index contributed by atoms with van der Waals surface area (Å²) in [5.41, 5.74) is 5.58. The Morgan fingerprint density at radius 1 is 1.00 bits per heavy atom. The fraction of sp³-hybridized carbons (Fsp3) is 0.333. The van der Waals surface area contributed by atoms with E-state index in [1.807, 2.05) is 19.1 Å². The van der Waals surface area contributed by atoms with Crippen molar-refractivity contribution in [2.45, 2.75) is 33.7 Å². The van der Waals surface area contributed by atoms with Gasteiger partial charge in [0.1, 0.15) is 5.82 Å². The summed E-state index contributed by atoms with van der Waals surface area (Å²) in [4.78, 5) is 0. The molecular weight excluding hydrogens is 249 g/mol. The first-order chi connectivity index (χ1) is 9.52. The van der Waals surface area contributed by atoms with Crippen LogP contribution in [0, 0.1) is 26.6 Å². The Hall–Kier alpha value is -1.67. The quantitative estimate of drug-likeness (QED) is 0.866. The van der Waals surface area contributed by atoms with E-state index in [2.05, 4.69) is 44.3 Å². The summed E-state index contributed by atoms with van der Waals surface area (Å²) in [6, 6.07) is 11.9. The standard InChI is InChI=1S/C18H22FN/c1-5-20-18(15-7-9-17(19)14(4)11-15)16-8-6-12(2)10-13(16)3/h6-11,18,20H,5H2,1-4H3. The van der Waals surface area contributed by atoms with E-state index in [9.17, 15) is 4.39 Å². The van der Waals surface area contributed by atoms with E-state index in [1.165, 1.54) is 16.7 Å². The van der Waals surface area contributed by atoms with E-state index in [0.29, 0.717) is 5.56 Å². The molecule has 2 heteroatoms. The fourth-order valence-electron chi connectivity index (χ4n) is 2.61. The van der Waals surface area contributed by atoms with Crippen LogP contribution in [0.3, 0.4) is 0 Å². The van der Waals surface area contributed by atoms with E-state index >= 15 is 0 Å². The van der Waals surface area contributed by atoms with Gasteiger partial charge >= 0.3 is 0 Å². The van der Waals surface area contributed by atoms with Gasteiger partial charge in [0.25, 0.3) is 0 Å². The normalized spacial score (nSPS) is 12.4. The van der Waals surface area contributed by atoms with Gasteiger partial charge in [-0.25, -0.2) is 4.39 Å².